The molecule has 0 aliphatic rings. The summed E-state index contributed by atoms with van der Waals surface area (Å²) < 4.78 is 5.12. The van der Waals surface area contributed by atoms with Crippen LogP contribution >= 0.6 is 11.8 Å². The molecule has 0 radical (unpaired) electrons. The van der Waals surface area contributed by atoms with E-state index in [1.807, 2.05) is 30.5 Å². The molecule has 128 valence electrons. The summed E-state index contributed by atoms with van der Waals surface area (Å²) in [5.74, 6) is 0.537. The third-order valence-corrected chi connectivity index (χ3v) is 4.29. The molecule has 1 amide bonds. The molecule has 24 heavy (non-hydrogen) atoms. The number of methoxy groups -OCH3 is 1. The number of rotatable bonds is 7. The summed E-state index contributed by atoms with van der Waals surface area (Å²) in [7, 11) is 1.61. The summed E-state index contributed by atoms with van der Waals surface area (Å²) in [6.45, 7) is 1.86. The van der Waals surface area contributed by atoms with E-state index in [0.717, 1.165) is 11.3 Å². The quantitative estimate of drug-likeness (QED) is 0.754. The van der Waals surface area contributed by atoms with E-state index in [1.54, 1.807) is 32.4 Å². The molecule has 0 aliphatic heterocycles. The SMILES string of the molecule is COc1ccc(C[C@](C)(O)CNC(=O)c2cccnc2SC)cc1. The standard InChI is InChI=1S/C18H22N2O3S/c1-18(22,11-13-6-8-14(23-2)9-7-13)12-20-16(21)15-5-4-10-19-17(15)24-3/h4-10,22H,11-12H2,1-3H3,(H,20,21)/t18-/m0/s1. The van der Waals surface area contributed by atoms with Crippen molar-refractivity contribution in [2.24, 2.45) is 0 Å². The molecule has 1 aromatic carbocycles. The maximum absolute atomic E-state index is 12.3. The summed E-state index contributed by atoms with van der Waals surface area (Å²) in [5, 5.41) is 14.0. The molecule has 0 unspecified atom stereocenters. The van der Waals surface area contributed by atoms with Gasteiger partial charge in [0.15, 0.2) is 0 Å². The fraction of sp³-hybridized carbons (Fsp3) is 0.333. The highest BCUT2D eigenvalue weighted by Crippen LogP contribution is 2.18. The summed E-state index contributed by atoms with van der Waals surface area (Å²) in [4.78, 5) is 16.5. The van der Waals surface area contributed by atoms with Crippen LogP contribution in [0.15, 0.2) is 47.6 Å². The maximum Gasteiger partial charge on any atom is 0.254 e. The third kappa shape index (κ3) is 4.97. The Bertz CT molecular complexity index is 687. The second kappa shape index (κ2) is 8.17. The molecule has 2 rings (SSSR count). The first kappa shape index (κ1) is 18.3. The number of pyridine rings is 1. The number of amides is 1. The Labute approximate surface area is 146 Å². The highest BCUT2D eigenvalue weighted by atomic mass is 32.2. The van der Waals surface area contributed by atoms with Gasteiger partial charge in [-0.15, -0.1) is 11.8 Å². The Balaban J connectivity index is 1.97. The highest BCUT2D eigenvalue weighted by Gasteiger charge is 2.23. The minimum atomic E-state index is -1.05. The van der Waals surface area contributed by atoms with E-state index in [0.29, 0.717) is 17.0 Å². The first-order chi connectivity index (χ1) is 11.4. The number of thioether (sulfide) groups is 1. The van der Waals surface area contributed by atoms with Crippen molar-refractivity contribution < 1.29 is 14.6 Å². The Hall–Kier alpha value is -2.05. The van der Waals surface area contributed by atoms with Gasteiger partial charge in [-0.3, -0.25) is 4.79 Å². The van der Waals surface area contributed by atoms with E-state index in [1.165, 1.54) is 11.8 Å². The van der Waals surface area contributed by atoms with Gasteiger partial charge in [-0.2, -0.15) is 0 Å². The predicted octanol–water partition coefficient (Wildman–Crippen LogP) is 2.54. The Kier molecular flexibility index (Phi) is 6.23. The molecule has 2 N–H and O–H groups in total. The molecule has 1 aromatic heterocycles. The lowest BCUT2D eigenvalue weighted by Gasteiger charge is -2.24. The molecule has 0 saturated heterocycles. The molecule has 2 aromatic rings. The monoisotopic (exact) mass is 346 g/mol. The van der Waals surface area contributed by atoms with Gasteiger partial charge in [-0.1, -0.05) is 12.1 Å². The molecule has 0 saturated carbocycles. The van der Waals surface area contributed by atoms with Crippen molar-refractivity contribution in [2.75, 3.05) is 19.9 Å². The summed E-state index contributed by atoms with van der Waals surface area (Å²) in [5.41, 5.74) is 0.442. The third-order valence-electron chi connectivity index (χ3n) is 3.58. The van der Waals surface area contributed by atoms with Crippen molar-refractivity contribution in [2.45, 2.75) is 24.0 Å². The summed E-state index contributed by atoms with van der Waals surface area (Å²) in [6.07, 6.45) is 3.96. The number of carbonyl (C=O) groups excluding carboxylic acids is 1. The second-order valence-corrected chi connectivity index (χ2v) is 6.56. The van der Waals surface area contributed by atoms with E-state index < -0.39 is 5.60 Å². The van der Waals surface area contributed by atoms with Crippen molar-refractivity contribution in [1.82, 2.24) is 10.3 Å². The van der Waals surface area contributed by atoms with Crippen LogP contribution in [0.25, 0.3) is 0 Å². The number of nitrogens with zero attached hydrogens (tertiary/aromatic N) is 1. The van der Waals surface area contributed by atoms with Crippen LogP contribution in [0.5, 0.6) is 5.75 Å². The normalized spacial score (nSPS) is 13.2. The number of aliphatic hydroxyl groups is 1. The van der Waals surface area contributed by atoms with Gasteiger partial charge in [0.1, 0.15) is 10.8 Å². The predicted molar refractivity (Wildman–Crippen MR) is 95.7 cm³/mol. The number of hydrogen-bond donors (Lipinski definition) is 2. The van der Waals surface area contributed by atoms with Gasteiger partial charge in [-0.25, -0.2) is 4.98 Å². The van der Waals surface area contributed by atoms with Crippen LogP contribution in [0.3, 0.4) is 0 Å². The number of benzene rings is 1. The van der Waals surface area contributed by atoms with Gasteiger partial charge in [0, 0.05) is 19.2 Å². The van der Waals surface area contributed by atoms with Crippen molar-refractivity contribution in [3.63, 3.8) is 0 Å². The highest BCUT2D eigenvalue weighted by molar-refractivity contribution is 7.98. The maximum atomic E-state index is 12.3. The van der Waals surface area contributed by atoms with E-state index >= 15 is 0 Å². The largest absolute Gasteiger partial charge is 0.497 e. The van der Waals surface area contributed by atoms with E-state index in [4.69, 9.17) is 4.74 Å². The minimum absolute atomic E-state index is 0.153. The number of ether oxygens (including phenoxy) is 1. The molecule has 0 fully saturated rings. The Morgan fingerprint density at radius 2 is 2.04 bits per heavy atom. The lowest BCUT2D eigenvalue weighted by Crippen LogP contribution is -2.42. The second-order valence-electron chi connectivity index (χ2n) is 5.76. The fourth-order valence-electron chi connectivity index (χ4n) is 2.34. The van der Waals surface area contributed by atoms with Gasteiger partial charge in [0.05, 0.1) is 18.3 Å². The molecule has 0 spiro atoms. The van der Waals surface area contributed by atoms with Crippen LogP contribution in [-0.4, -0.2) is 41.5 Å². The first-order valence-corrected chi connectivity index (χ1v) is 8.80. The zero-order valence-electron chi connectivity index (χ0n) is 14.1. The fourth-order valence-corrected chi connectivity index (χ4v) is 2.88. The summed E-state index contributed by atoms with van der Waals surface area (Å²) >= 11 is 1.42. The van der Waals surface area contributed by atoms with Gasteiger partial charge in [0.2, 0.25) is 0 Å². The van der Waals surface area contributed by atoms with E-state index in [9.17, 15) is 9.90 Å². The van der Waals surface area contributed by atoms with E-state index in [2.05, 4.69) is 10.3 Å². The average molecular weight is 346 g/mol. The van der Waals surface area contributed by atoms with Crippen molar-refractivity contribution >= 4 is 17.7 Å². The lowest BCUT2D eigenvalue weighted by molar-refractivity contribution is 0.0551. The molecule has 0 aliphatic carbocycles. The number of hydrogen-bond acceptors (Lipinski definition) is 5. The van der Waals surface area contributed by atoms with E-state index in [-0.39, 0.29) is 12.5 Å². The number of aromatic nitrogens is 1. The topological polar surface area (TPSA) is 71.5 Å². The van der Waals surface area contributed by atoms with Gasteiger partial charge in [-0.05, 0) is 43.0 Å². The number of carbonyl (C=O) groups is 1. The van der Waals surface area contributed by atoms with Crippen LogP contribution in [0.2, 0.25) is 0 Å². The molecule has 6 heteroatoms. The molecule has 0 bridgehead atoms. The van der Waals surface area contributed by atoms with Crippen molar-refractivity contribution in [1.29, 1.82) is 0 Å². The average Bonchev–Trinajstić information content (AvgIpc) is 2.60. The van der Waals surface area contributed by atoms with Gasteiger partial charge >= 0.3 is 0 Å². The van der Waals surface area contributed by atoms with Crippen LogP contribution in [0, 0.1) is 0 Å². The Morgan fingerprint density at radius 1 is 1.33 bits per heavy atom. The molecule has 1 heterocycles. The van der Waals surface area contributed by atoms with Gasteiger partial charge in [0.25, 0.3) is 5.91 Å². The zero-order valence-corrected chi connectivity index (χ0v) is 14.9. The van der Waals surface area contributed by atoms with Crippen LogP contribution in [0.4, 0.5) is 0 Å². The smallest absolute Gasteiger partial charge is 0.254 e. The van der Waals surface area contributed by atoms with Crippen LogP contribution in [0.1, 0.15) is 22.8 Å². The van der Waals surface area contributed by atoms with Crippen molar-refractivity contribution in [3.8, 4) is 5.75 Å². The minimum Gasteiger partial charge on any atom is -0.497 e. The van der Waals surface area contributed by atoms with Crippen LogP contribution in [-0.2, 0) is 6.42 Å². The molecule has 1 atom stereocenters. The van der Waals surface area contributed by atoms with Gasteiger partial charge < -0.3 is 15.2 Å². The first-order valence-electron chi connectivity index (χ1n) is 7.58. The lowest BCUT2D eigenvalue weighted by atomic mass is 9.96. The summed E-state index contributed by atoms with van der Waals surface area (Å²) in [6, 6.07) is 11.0. The Morgan fingerprint density at radius 3 is 2.67 bits per heavy atom. The van der Waals surface area contributed by atoms with Crippen LogP contribution < -0.4 is 10.1 Å². The van der Waals surface area contributed by atoms with Crippen molar-refractivity contribution in [3.05, 3.63) is 53.7 Å². The zero-order chi connectivity index (χ0) is 17.6. The molecule has 5 nitrogen and oxygen atoms in total. The molecular formula is C18H22N2O3S. The molecular weight excluding hydrogens is 324 g/mol. The number of nitrogens with one attached hydrogen (secondary N) is 1.